The molecule has 0 aliphatic heterocycles. The molecule has 0 bridgehead atoms. The number of carbonyl (C=O) groups excluding carboxylic acids is 1. The van der Waals surface area contributed by atoms with Crippen LogP contribution in [0.5, 0.6) is 0 Å². The van der Waals surface area contributed by atoms with Gasteiger partial charge in [0.15, 0.2) is 0 Å². The molecule has 182 valence electrons. The Bertz CT molecular complexity index is 816. The lowest BCUT2D eigenvalue weighted by Crippen LogP contribution is -2.67. The highest BCUT2D eigenvalue weighted by molar-refractivity contribution is 5.83. The number of hydrogen-bond acceptors (Lipinski definition) is 2. The van der Waals surface area contributed by atoms with Gasteiger partial charge in [0.1, 0.15) is 5.78 Å². The van der Waals surface area contributed by atoms with Crippen molar-refractivity contribution in [2.24, 2.45) is 56.2 Å². The molecule has 0 aromatic rings. The molecule has 0 heterocycles. The van der Waals surface area contributed by atoms with Gasteiger partial charge in [0.05, 0.1) is 6.10 Å². The van der Waals surface area contributed by atoms with Gasteiger partial charge in [-0.25, -0.2) is 0 Å². The minimum atomic E-state index is -0.151. The summed E-state index contributed by atoms with van der Waals surface area (Å²) in [6, 6.07) is 0. The molecule has 1 N–H and O–H groups in total. The molecule has 0 amide bonds. The fraction of sp³-hybridized carbons (Fsp3) is 0.967. The largest absolute Gasteiger partial charge is 0.393 e. The Balaban J connectivity index is 1.57. The number of aliphatic hydroxyl groups is 1. The van der Waals surface area contributed by atoms with Crippen LogP contribution in [0.2, 0.25) is 0 Å². The van der Waals surface area contributed by atoms with E-state index in [9.17, 15) is 9.90 Å². The maximum atomic E-state index is 13.0. The minimum Gasteiger partial charge on any atom is -0.393 e. The molecule has 0 aromatic carbocycles. The summed E-state index contributed by atoms with van der Waals surface area (Å²) in [7, 11) is 0. The van der Waals surface area contributed by atoms with E-state index in [2.05, 4.69) is 48.5 Å². The van der Waals surface area contributed by atoms with Gasteiger partial charge in [-0.05, 0) is 122 Å². The second kappa shape index (κ2) is 6.64. The molecule has 5 rings (SSSR count). The normalized spacial score (nSPS) is 58.8. The zero-order chi connectivity index (χ0) is 23.5. The zero-order valence-corrected chi connectivity index (χ0v) is 22.3. The van der Waals surface area contributed by atoms with Gasteiger partial charge in [0, 0.05) is 5.41 Å². The highest BCUT2D eigenvalue weighted by Gasteiger charge is 2.71. The highest BCUT2D eigenvalue weighted by atomic mass is 16.3. The van der Waals surface area contributed by atoms with Gasteiger partial charge in [-0.15, -0.1) is 0 Å². The highest BCUT2D eigenvalue weighted by Crippen LogP contribution is 2.78. The predicted molar refractivity (Wildman–Crippen MR) is 131 cm³/mol. The summed E-state index contributed by atoms with van der Waals surface area (Å²) < 4.78 is 0. The maximum absolute atomic E-state index is 13.0. The van der Waals surface area contributed by atoms with Crippen LogP contribution in [-0.2, 0) is 4.79 Å². The third-order valence-electron chi connectivity index (χ3n) is 14.0. The second-order valence-electron chi connectivity index (χ2n) is 15.1. The van der Waals surface area contributed by atoms with E-state index in [4.69, 9.17) is 0 Å². The molecule has 5 fully saturated rings. The first-order valence-electron chi connectivity index (χ1n) is 13.9. The molecule has 2 heteroatoms. The van der Waals surface area contributed by atoms with E-state index in [-0.39, 0.29) is 16.9 Å². The van der Waals surface area contributed by atoms with E-state index in [0.717, 1.165) is 18.8 Å². The van der Waals surface area contributed by atoms with Crippen molar-refractivity contribution in [3.8, 4) is 0 Å². The minimum absolute atomic E-state index is 0.0237. The van der Waals surface area contributed by atoms with Crippen LogP contribution in [0.1, 0.15) is 120 Å². The van der Waals surface area contributed by atoms with Crippen LogP contribution in [-0.4, -0.2) is 17.0 Å². The van der Waals surface area contributed by atoms with Crippen LogP contribution in [0.15, 0.2) is 0 Å². The molecule has 0 saturated heterocycles. The molecule has 5 aliphatic rings. The van der Waals surface area contributed by atoms with Crippen LogP contribution in [0.4, 0.5) is 0 Å². The Kier molecular flexibility index (Phi) is 4.85. The maximum Gasteiger partial charge on any atom is 0.135 e. The van der Waals surface area contributed by atoms with Crippen molar-refractivity contribution in [1.82, 2.24) is 0 Å². The van der Waals surface area contributed by atoms with E-state index < -0.39 is 0 Å². The summed E-state index contributed by atoms with van der Waals surface area (Å²) >= 11 is 0. The summed E-state index contributed by atoms with van der Waals surface area (Å²) in [6.45, 7) is 19.4. The lowest BCUT2D eigenvalue weighted by atomic mass is 9.32. The molecule has 0 unspecified atom stereocenters. The number of rotatable bonds is 1. The van der Waals surface area contributed by atoms with Crippen molar-refractivity contribution in [2.75, 3.05) is 0 Å². The van der Waals surface area contributed by atoms with Gasteiger partial charge in [-0.2, -0.15) is 0 Å². The van der Waals surface area contributed by atoms with Crippen molar-refractivity contribution in [3.05, 3.63) is 0 Å². The van der Waals surface area contributed by atoms with Crippen molar-refractivity contribution < 1.29 is 9.90 Å². The first kappa shape index (κ1) is 23.4. The number of carbonyl (C=O) groups is 1. The van der Waals surface area contributed by atoms with E-state index in [1.165, 1.54) is 51.4 Å². The molecular weight excluding hydrogens is 392 g/mol. The molecule has 5 saturated carbocycles. The van der Waals surface area contributed by atoms with Crippen LogP contribution in [0.3, 0.4) is 0 Å². The monoisotopic (exact) mass is 442 g/mol. The quantitative estimate of drug-likeness (QED) is 0.458. The van der Waals surface area contributed by atoms with Crippen molar-refractivity contribution in [2.45, 2.75) is 126 Å². The van der Waals surface area contributed by atoms with Crippen LogP contribution >= 0.6 is 0 Å². The molecule has 10 atom stereocenters. The predicted octanol–water partition coefficient (Wildman–Crippen LogP) is 7.43. The molecule has 2 nitrogen and oxygen atoms in total. The molecule has 0 aromatic heterocycles. The Morgan fingerprint density at radius 1 is 0.719 bits per heavy atom. The third kappa shape index (κ3) is 2.55. The molecule has 0 spiro atoms. The van der Waals surface area contributed by atoms with Crippen molar-refractivity contribution in [3.63, 3.8) is 0 Å². The van der Waals surface area contributed by atoms with Crippen LogP contribution in [0.25, 0.3) is 0 Å². The number of fused-ring (bicyclic) bond motifs is 7. The van der Waals surface area contributed by atoms with Crippen molar-refractivity contribution >= 4 is 5.78 Å². The van der Waals surface area contributed by atoms with Crippen LogP contribution in [0, 0.1) is 56.2 Å². The van der Waals surface area contributed by atoms with E-state index >= 15 is 0 Å². The van der Waals surface area contributed by atoms with Gasteiger partial charge in [0.2, 0.25) is 0 Å². The zero-order valence-electron chi connectivity index (χ0n) is 22.3. The molecule has 5 aliphatic carbocycles. The number of hydrogen-bond donors (Lipinski definition) is 1. The van der Waals surface area contributed by atoms with E-state index in [1.807, 2.05) is 6.92 Å². The summed E-state index contributed by atoms with van der Waals surface area (Å²) in [5.74, 6) is 3.05. The average Bonchev–Trinajstić information content (AvgIpc) is 2.99. The van der Waals surface area contributed by atoms with E-state index in [0.29, 0.717) is 45.2 Å². The van der Waals surface area contributed by atoms with Gasteiger partial charge in [-0.1, -0.05) is 48.5 Å². The molecular formula is C30H50O2. The Hall–Kier alpha value is -0.370. The standard InChI is InChI=1S/C30H50O2/c1-19(31)27(5)17-15-26(4)16-18-29(7)20(24(26)27)9-10-22-28(6)13-12-23(32)25(2,3)21(28)11-14-30(22,29)8/h20-24,32H,9-18H2,1-8H3/t20-,21+,22-,23+,24-,26-,27+,28+,29-,30-/m1/s1. The number of Topliss-reactive ketones (excluding diaryl/α,β-unsaturated/α-hetero) is 1. The molecule has 0 radical (unpaired) electrons. The Labute approximate surface area is 197 Å². The van der Waals surface area contributed by atoms with Gasteiger partial charge < -0.3 is 5.11 Å². The van der Waals surface area contributed by atoms with Gasteiger partial charge >= 0.3 is 0 Å². The second-order valence-corrected chi connectivity index (χ2v) is 15.1. The van der Waals surface area contributed by atoms with Crippen molar-refractivity contribution in [1.29, 1.82) is 0 Å². The summed E-state index contributed by atoms with van der Waals surface area (Å²) in [5.41, 5.74) is 1.27. The van der Waals surface area contributed by atoms with E-state index in [1.54, 1.807) is 0 Å². The Morgan fingerprint density at radius 3 is 2.03 bits per heavy atom. The first-order valence-corrected chi connectivity index (χ1v) is 13.9. The summed E-state index contributed by atoms with van der Waals surface area (Å²) in [6.07, 6.45) is 12.2. The lowest BCUT2D eigenvalue weighted by Gasteiger charge is -2.73. The third-order valence-corrected chi connectivity index (χ3v) is 14.0. The van der Waals surface area contributed by atoms with Gasteiger partial charge in [-0.3, -0.25) is 4.79 Å². The fourth-order valence-electron chi connectivity index (χ4n) is 11.7. The number of aliphatic hydroxyl groups excluding tert-OH is 1. The summed E-state index contributed by atoms with van der Waals surface area (Å²) in [5, 5.41) is 10.9. The van der Waals surface area contributed by atoms with Gasteiger partial charge in [0.25, 0.3) is 0 Å². The topological polar surface area (TPSA) is 37.3 Å². The fourth-order valence-corrected chi connectivity index (χ4v) is 11.7. The SMILES string of the molecule is CC(=O)[C@]1(C)CC[C@]2(C)CC[C@]3(C)[C@H](CC[C@@H]4[C@@]5(C)CC[C@H](O)C(C)(C)[C@@H]5CC[C@]43C)[C@H]21. The molecule has 32 heavy (non-hydrogen) atoms. The smallest absolute Gasteiger partial charge is 0.135 e. The Morgan fingerprint density at radius 2 is 1.38 bits per heavy atom. The first-order chi connectivity index (χ1) is 14.7. The van der Waals surface area contributed by atoms with Crippen LogP contribution < -0.4 is 0 Å². The summed E-state index contributed by atoms with van der Waals surface area (Å²) in [4.78, 5) is 13.0. The average molecular weight is 443 g/mol. The number of ketones is 1. The lowest BCUT2D eigenvalue weighted by molar-refractivity contribution is -0.250.